The molecule has 1 rings (SSSR count). The molecular weight excluding hydrogens is 207 g/mol. The monoisotopic (exact) mass is 222 g/mol. The van der Waals surface area contributed by atoms with E-state index in [0.717, 1.165) is 5.69 Å². The van der Waals surface area contributed by atoms with Gasteiger partial charge in [-0.3, -0.25) is 0 Å². The van der Waals surface area contributed by atoms with E-state index >= 15 is 0 Å². The summed E-state index contributed by atoms with van der Waals surface area (Å²) in [5.41, 5.74) is 0.818. The fraction of sp³-hybridized carbons (Fsp3) is 0.417. The lowest BCUT2D eigenvalue weighted by atomic mass is 10.2. The number of anilines is 1. The van der Waals surface area contributed by atoms with Crippen molar-refractivity contribution in [2.75, 3.05) is 31.7 Å². The Morgan fingerprint density at radius 3 is 2.81 bits per heavy atom. The molecule has 1 aromatic carbocycles. The second-order valence-electron chi connectivity index (χ2n) is 3.39. The Kier molecular flexibility index (Phi) is 4.74. The van der Waals surface area contributed by atoms with E-state index in [1.807, 2.05) is 18.9 Å². The zero-order chi connectivity index (χ0) is 12.0. The second kappa shape index (κ2) is 6.09. The van der Waals surface area contributed by atoms with Crippen LogP contribution in [0.3, 0.4) is 0 Å². The van der Waals surface area contributed by atoms with Crippen LogP contribution in [0.25, 0.3) is 0 Å². The summed E-state index contributed by atoms with van der Waals surface area (Å²) >= 11 is 0. The molecule has 0 N–H and O–H groups in total. The van der Waals surface area contributed by atoms with E-state index in [2.05, 4.69) is 0 Å². The number of likely N-dealkylation sites (N-methyl/N-ethyl adjacent to an activating group) is 1. The van der Waals surface area contributed by atoms with Gasteiger partial charge in [0.15, 0.2) is 0 Å². The standard InChI is InChI=1S/C12H15FN2O/c1-3-16-7-6-15(2)11-5-4-10(9-14)12(13)8-11/h4-5,8H,3,6-7H2,1-2H3. The fourth-order valence-electron chi connectivity index (χ4n) is 1.31. The highest BCUT2D eigenvalue weighted by atomic mass is 19.1. The number of halogens is 1. The van der Waals surface area contributed by atoms with Crippen LogP contribution >= 0.6 is 0 Å². The van der Waals surface area contributed by atoms with Crippen molar-refractivity contribution in [3.63, 3.8) is 0 Å². The molecule has 1 aromatic rings. The molecule has 4 heteroatoms. The van der Waals surface area contributed by atoms with Crippen LogP contribution in [0.4, 0.5) is 10.1 Å². The van der Waals surface area contributed by atoms with Gasteiger partial charge in [-0.15, -0.1) is 0 Å². The maximum Gasteiger partial charge on any atom is 0.143 e. The van der Waals surface area contributed by atoms with Crippen molar-refractivity contribution in [2.45, 2.75) is 6.92 Å². The van der Waals surface area contributed by atoms with Crippen LogP contribution < -0.4 is 4.90 Å². The Hall–Kier alpha value is -1.60. The summed E-state index contributed by atoms with van der Waals surface area (Å²) in [4.78, 5) is 1.89. The van der Waals surface area contributed by atoms with E-state index in [1.165, 1.54) is 12.1 Å². The Balaban J connectivity index is 2.66. The Morgan fingerprint density at radius 2 is 2.25 bits per heavy atom. The van der Waals surface area contributed by atoms with E-state index in [4.69, 9.17) is 10.00 Å². The first-order valence-corrected chi connectivity index (χ1v) is 5.17. The molecule has 0 aromatic heterocycles. The quantitative estimate of drug-likeness (QED) is 0.716. The van der Waals surface area contributed by atoms with Crippen molar-refractivity contribution < 1.29 is 9.13 Å². The molecule has 16 heavy (non-hydrogen) atoms. The number of ether oxygens (including phenoxy) is 1. The van der Waals surface area contributed by atoms with E-state index in [1.54, 1.807) is 12.1 Å². The molecule has 0 amide bonds. The molecule has 0 aliphatic rings. The van der Waals surface area contributed by atoms with Crippen molar-refractivity contribution in [3.05, 3.63) is 29.6 Å². The third-order valence-corrected chi connectivity index (χ3v) is 2.29. The summed E-state index contributed by atoms with van der Waals surface area (Å²) in [5, 5.41) is 8.60. The first-order valence-electron chi connectivity index (χ1n) is 5.17. The summed E-state index contributed by atoms with van der Waals surface area (Å²) in [7, 11) is 1.86. The number of benzene rings is 1. The van der Waals surface area contributed by atoms with Gasteiger partial charge in [0.1, 0.15) is 11.9 Å². The molecule has 3 nitrogen and oxygen atoms in total. The predicted octanol–water partition coefficient (Wildman–Crippen LogP) is 2.17. The van der Waals surface area contributed by atoms with Gasteiger partial charge in [-0.05, 0) is 25.1 Å². The molecule has 0 bridgehead atoms. The van der Waals surface area contributed by atoms with Crippen LogP contribution in [0.15, 0.2) is 18.2 Å². The molecule has 86 valence electrons. The number of nitrogens with zero attached hydrogens (tertiary/aromatic N) is 2. The molecule has 0 aliphatic heterocycles. The lowest BCUT2D eigenvalue weighted by Crippen LogP contribution is -2.22. The minimum atomic E-state index is -0.483. The van der Waals surface area contributed by atoms with Gasteiger partial charge in [0.25, 0.3) is 0 Å². The lowest BCUT2D eigenvalue weighted by Gasteiger charge is -2.19. The normalized spacial score (nSPS) is 9.88. The summed E-state index contributed by atoms with van der Waals surface area (Å²) in [5.74, 6) is -0.483. The molecule has 0 unspecified atom stereocenters. The molecular formula is C12H15FN2O. The molecule has 0 atom stereocenters. The fourth-order valence-corrected chi connectivity index (χ4v) is 1.31. The van der Waals surface area contributed by atoms with Gasteiger partial charge in [-0.1, -0.05) is 0 Å². The largest absolute Gasteiger partial charge is 0.380 e. The van der Waals surface area contributed by atoms with Gasteiger partial charge >= 0.3 is 0 Å². The Bertz CT molecular complexity index is 387. The number of hydrogen-bond donors (Lipinski definition) is 0. The number of rotatable bonds is 5. The minimum absolute atomic E-state index is 0.0713. The van der Waals surface area contributed by atoms with Gasteiger partial charge in [-0.2, -0.15) is 5.26 Å². The zero-order valence-corrected chi connectivity index (χ0v) is 9.53. The third-order valence-electron chi connectivity index (χ3n) is 2.29. The van der Waals surface area contributed by atoms with Gasteiger partial charge in [0, 0.05) is 25.9 Å². The molecule has 0 saturated heterocycles. The highest BCUT2D eigenvalue weighted by Gasteiger charge is 2.05. The molecule has 0 radical (unpaired) electrons. The van der Waals surface area contributed by atoms with Gasteiger partial charge in [-0.25, -0.2) is 4.39 Å². The summed E-state index contributed by atoms with van der Waals surface area (Å²) in [6.07, 6.45) is 0. The first kappa shape index (κ1) is 12.5. The average molecular weight is 222 g/mol. The van der Waals surface area contributed by atoms with Crippen molar-refractivity contribution >= 4 is 5.69 Å². The van der Waals surface area contributed by atoms with E-state index < -0.39 is 5.82 Å². The molecule has 0 aliphatic carbocycles. The maximum absolute atomic E-state index is 13.3. The topological polar surface area (TPSA) is 36.3 Å². The zero-order valence-electron chi connectivity index (χ0n) is 9.53. The van der Waals surface area contributed by atoms with Gasteiger partial charge < -0.3 is 9.64 Å². The summed E-state index contributed by atoms with van der Waals surface area (Å²) in [6, 6.07) is 6.38. The average Bonchev–Trinajstić information content (AvgIpc) is 2.29. The van der Waals surface area contributed by atoms with Crippen molar-refractivity contribution in [1.29, 1.82) is 5.26 Å². The second-order valence-corrected chi connectivity index (χ2v) is 3.39. The molecule has 0 fully saturated rings. The van der Waals surface area contributed by atoms with Crippen LogP contribution in [0, 0.1) is 17.1 Å². The van der Waals surface area contributed by atoms with Crippen LogP contribution in [-0.4, -0.2) is 26.8 Å². The van der Waals surface area contributed by atoms with Crippen LogP contribution in [0.1, 0.15) is 12.5 Å². The third kappa shape index (κ3) is 3.21. The summed E-state index contributed by atoms with van der Waals surface area (Å²) in [6.45, 7) is 3.91. The highest BCUT2D eigenvalue weighted by molar-refractivity contribution is 5.49. The predicted molar refractivity (Wildman–Crippen MR) is 60.9 cm³/mol. The minimum Gasteiger partial charge on any atom is -0.380 e. The number of hydrogen-bond acceptors (Lipinski definition) is 3. The van der Waals surface area contributed by atoms with Gasteiger partial charge in [0.05, 0.1) is 12.2 Å². The molecule has 0 heterocycles. The smallest absolute Gasteiger partial charge is 0.143 e. The van der Waals surface area contributed by atoms with Crippen molar-refractivity contribution in [1.82, 2.24) is 0 Å². The summed E-state index contributed by atoms with van der Waals surface area (Å²) < 4.78 is 18.5. The SMILES string of the molecule is CCOCCN(C)c1ccc(C#N)c(F)c1. The van der Waals surface area contributed by atoms with Crippen LogP contribution in [-0.2, 0) is 4.74 Å². The number of nitriles is 1. The Morgan fingerprint density at radius 1 is 1.50 bits per heavy atom. The van der Waals surface area contributed by atoms with Crippen molar-refractivity contribution in [2.24, 2.45) is 0 Å². The molecule has 0 saturated carbocycles. The van der Waals surface area contributed by atoms with Crippen molar-refractivity contribution in [3.8, 4) is 6.07 Å². The highest BCUT2D eigenvalue weighted by Crippen LogP contribution is 2.16. The van der Waals surface area contributed by atoms with E-state index in [0.29, 0.717) is 19.8 Å². The lowest BCUT2D eigenvalue weighted by molar-refractivity contribution is 0.154. The van der Waals surface area contributed by atoms with Crippen LogP contribution in [0.2, 0.25) is 0 Å². The maximum atomic E-state index is 13.3. The van der Waals surface area contributed by atoms with Gasteiger partial charge in [0.2, 0.25) is 0 Å². The van der Waals surface area contributed by atoms with Crippen LogP contribution in [0.5, 0.6) is 0 Å². The van der Waals surface area contributed by atoms with E-state index in [-0.39, 0.29) is 5.56 Å². The molecule has 0 spiro atoms. The van der Waals surface area contributed by atoms with E-state index in [9.17, 15) is 4.39 Å². The first-order chi connectivity index (χ1) is 7.69. The Labute approximate surface area is 95.1 Å².